The molecule has 3 aliphatic rings. The molecule has 130 valence electrons. The molecule has 0 radical (unpaired) electrons. The second kappa shape index (κ2) is 6.24. The van der Waals surface area contributed by atoms with E-state index in [4.69, 9.17) is 9.84 Å². The first-order valence-electron chi connectivity index (χ1n) is 7.61. The largest absolute Gasteiger partial charge is 0.479 e. The van der Waals surface area contributed by atoms with Crippen molar-refractivity contribution in [1.29, 1.82) is 0 Å². The highest BCUT2D eigenvalue weighted by molar-refractivity contribution is 6.11. The Labute approximate surface area is 139 Å². The van der Waals surface area contributed by atoms with E-state index in [9.17, 15) is 19.5 Å². The molecule has 2 N–H and O–H groups in total. The van der Waals surface area contributed by atoms with Crippen LogP contribution in [0.1, 0.15) is 38.3 Å². The molecule has 1 aliphatic heterocycles. The number of carboxylic acids is 1. The summed E-state index contributed by atoms with van der Waals surface area (Å²) >= 11 is 0. The minimum absolute atomic E-state index is 0.170. The summed E-state index contributed by atoms with van der Waals surface area (Å²) in [5.41, 5.74) is -0.340. The molecule has 1 saturated heterocycles. The number of carbonyl (C=O) groups excluding carboxylic acids is 2. The maximum Gasteiger partial charge on any atom is 0.417 e. The lowest BCUT2D eigenvalue weighted by Crippen LogP contribution is -2.48. The molecule has 1 heterocycles. The topological polar surface area (TPSA) is 104 Å². The van der Waals surface area contributed by atoms with E-state index in [0.29, 0.717) is 4.90 Å². The van der Waals surface area contributed by atoms with Gasteiger partial charge in [0.25, 0.3) is 5.91 Å². The molecular formula is C17H21NO6. The zero-order valence-electron chi connectivity index (χ0n) is 13.9. The van der Waals surface area contributed by atoms with Crippen LogP contribution in [0.2, 0.25) is 0 Å². The van der Waals surface area contributed by atoms with Crippen molar-refractivity contribution in [2.75, 3.05) is 6.54 Å². The molecule has 2 amide bonds. The van der Waals surface area contributed by atoms with E-state index in [-0.39, 0.29) is 13.0 Å². The normalized spacial score (nSPS) is 21.5. The zero-order valence-corrected chi connectivity index (χ0v) is 13.9. The van der Waals surface area contributed by atoms with Gasteiger partial charge in [-0.1, -0.05) is 24.3 Å². The van der Waals surface area contributed by atoms with Crippen LogP contribution in [-0.4, -0.2) is 50.8 Å². The number of aliphatic hydroxyl groups is 1. The molecule has 1 unspecified atom stereocenters. The lowest BCUT2D eigenvalue weighted by Gasteiger charge is -2.23. The number of ether oxygens (including phenoxy) is 1. The van der Waals surface area contributed by atoms with Crippen molar-refractivity contribution in [3.8, 4) is 0 Å². The van der Waals surface area contributed by atoms with Crippen LogP contribution in [0.3, 0.4) is 0 Å². The predicted molar refractivity (Wildman–Crippen MR) is 84.4 cm³/mol. The highest BCUT2D eigenvalue weighted by Gasteiger charge is 2.54. The molecule has 1 aromatic carbocycles. The number of likely N-dealkylation sites (tertiary alicyclic amines) is 1. The van der Waals surface area contributed by atoms with Crippen molar-refractivity contribution in [3.63, 3.8) is 0 Å². The summed E-state index contributed by atoms with van der Waals surface area (Å²) < 4.78 is 4.93. The molecule has 24 heavy (non-hydrogen) atoms. The third-order valence-electron chi connectivity index (χ3n) is 3.66. The van der Waals surface area contributed by atoms with E-state index in [1.807, 2.05) is 0 Å². The van der Waals surface area contributed by atoms with Crippen molar-refractivity contribution in [1.82, 2.24) is 4.90 Å². The van der Waals surface area contributed by atoms with E-state index in [1.54, 1.807) is 20.8 Å². The fourth-order valence-electron chi connectivity index (χ4n) is 2.35. The number of aliphatic carboxylic acids is 1. The first kappa shape index (κ1) is 17.9. The van der Waals surface area contributed by atoms with Gasteiger partial charge in [0.05, 0.1) is 0 Å². The van der Waals surface area contributed by atoms with Gasteiger partial charge in [-0.15, -0.1) is 0 Å². The number of hydrogen-bond acceptors (Lipinski definition) is 5. The van der Waals surface area contributed by atoms with E-state index >= 15 is 0 Å². The number of fused-ring (bicyclic) bond motifs is 2. The summed E-state index contributed by atoms with van der Waals surface area (Å²) in [4.78, 5) is 34.5. The van der Waals surface area contributed by atoms with Gasteiger partial charge in [-0.2, -0.15) is 0 Å². The summed E-state index contributed by atoms with van der Waals surface area (Å²) in [5.74, 6) is -2.81. The summed E-state index contributed by atoms with van der Waals surface area (Å²) in [7, 11) is 0. The molecule has 7 nitrogen and oxygen atoms in total. The Morgan fingerprint density at radius 2 is 1.79 bits per heavy atom. The van der Waals surface area contributed by atoms with Gasteiger partial charge in [-0.25, -0.2) is 14.5 Å². The van der Waals surface area contributed by atoms with Crippen molar-refractivity contribution in [3.05, 3.63) is 35.4 Å². The third-order valence-corrected chi connectivity index (χ3v) is 3.66. The maximum atomic E-state index is 11.6. The fraction of sp³-hybridized carbons (Fsp3) is 0.471. The van der Waals surface area contributed by atoms with Gasteiger partial charge in [-0.05, 0) is 38.3 Å². The van der Waals surface area contributed by atoms with Crippen LogP contribution in [0.4, 0.5) is 4.79 Å². The summed E-state index contributed by atoms with van der Waals surface area (Å²) in [6, 6.07) is 8.65. The molecule has 0 spiro atoms. The second-order valence-corrected chi connectivity index (χ2v) is 6.85. The number of rotatable bonds is 1. The Kier molecular flexibility index (Phi) is 4.66. The Hall–Kier alpha value is -2.41. The third kappa shape index (κ3) is 3.73. The van der Waals surface area contributed by atoms with Gasteiger partial charge >= 0.3 is 12.1 Å². The van der Waals surface area contributed by atoms with Gasteiger partial charge in [0.2, 0.25) is 5.60 Å². The first-order chi connectivity index (χ1) is 11.0. The standard InChI is InChI=1S/C10H15NO6.C7H6/c1-9(2,3)17-8(15)11-5-4-10(16,6(11)12)7(13)14;1-2-6-4-7(3-1)5-6/h16H,4-5H2,1-3H3,(H,13,14);1-4H,5H2. The van der Waals surface area contributed by atoms with Crippen LogP contribution in [0.5, 0.6) is 0 Å². The highest BCUT2D eigenvalue weighted by atomic mass is 16.6. The Morgan fingerprint density at radius 1 is 1.25 bits per heavy atom. The van der Waals surface area contributed by atoms with Crippen LogP contribution in [0.25, 0.3) is 0 Å². The lowest BCUT2D eigenvalue weighted by molar-refractivity contribution is -0.165. The van der Waals surface area contributed by atoms with Gasteiger partial charge < -0.3 is 14.9 Å². The average molecular weight is 335 g/mol. The number of carbonyl (C=O) groups is 3. The Bertz CT molecular complexity index is 653. The zero-order chi connectivity index (χ0) is 18.1. The summed E-state index contributed by atoms with van der Waals surface area (Å²) in [6.45, 7) is 4.69. The van der Waals surface area contributed by atoms with Crippen LogP contribution < -0.4 is 0 Å². The molecule has 1 aromatic rings. The summed E-state index contributed by atoms with van der Waals surface area (Å²) in [6.07, 6.45) is -0.0589. The van der Waals surface area contributed by atoms with E-state index in [2.05, 4.69) is 24.3 Å². The molecule has 4 rings (SSSR count). The van der Waals surface area contributed by atoms with Crippen molar-refractivity contribution < 1.29 is 29.3 Å². The predicted octanol–water partition coefficient (Wildman–Crippen LogP) is 1.56. The molecule has 7 heteroatoms. The number of carboxylic acid groups (broad SMARTS) is 1. The van der Waals surface area contributed by atoms with E-state index < -0.39 is 29.2 Å². The molecule has 0 saturated carbocycles. The van der Waals surface area contributed by atoms with Crippen LogP contribution in [0, 0.1) is 0 Å². The molecule has 0 aromatic heterocycles. The van der Waals surface area contributed by atoms with Gasteiger partial charge in [0.15, 0.2) is 0 Å². The van der Waals surface area contributed by atoms with Crippen molar-refractivity contribution >= 4 is 18.0 Å². The molecular weight excluding hydrogens is 314 g/mol. The van der Waals surface area contributed by atoms with Crippen LogP contribution in [-0.2, 0) is 20.7 Å². The number of amides is 2. The lowest BCUT2D eigenvalue weighted by atomic mass is 9.94. The van der Waals surface area contributed by atoms with Crippen LogP contribution in [0.15, 0.2) is 24.3 Å². The minimum Gasteiger partial charge on any atom is -0.479 e. The molecule has 1 atom stereocenters. The van der Waals surface area contributed by atoms with E-state index in [1.165, 1.54) is 17.5 Å². The fourth-order valence-corrected chi connectivity index (χ4v) is 2.35. The number of benzene rings is 1. The quantitative estimate of drug-likeness (QED) is 0.767. The number of imide groups is 1. The maximum absolute atomic E-state index is 11.6. The van der Waals surface area contributed by atoms with Crippen molar-refractivity contribution in [2.45, 2.75) is 44.8 Å². The van der Waals surface area contributed by atoms with Gasteiger partial charge in [-0.3, -0.25) is 4.79 Å². The molecule has 1 fully saturated rings. The number of nitrogens with zero attached hydrogens (tertiary/aromatic N) is 1. The van der Waals surface area contributed by atoms with Gasteiger partial charge in [0.1, 0.15) is 5.60 Å². The van der Waals surface area contributed by atoms with E-state index in [0.717, 1.165) is 0 Å². The minimum atomic E-state index is -2.52. The smallest absolute Gasteiger partial charge is 0.417 e. The van der Waals surface area contributed by atoms with Crippen molar-refractivity contribution in [2.24, 2.45) is 0 Å². The molecule has 2 aliphatic carbocycles. The first-order valence-corrected chi connectivity index (χ1v) is 7.61. The monoisotopic (exact) mass is 335 g/mol. The summed E-state index contributed by atoms with van der Waals surface area (Å²) in [5, 5.41) is 18.3. The molecule has 2 bridgehead atoms. The Morgan fingerprint density at radius 3 is 2.08 bits per heavy atom. The number of hydrogen-bond donors (Lipinski definition) is 2. The van der Waals surface area contributed by atoms with Gasteiger partial charge in [0, 0.05) is 13.0 Å². The SMILES string of the molecule is CC(C)(C)OC(=O)N1CCC(O)(C(=O)O)C1=O.c1cc2cc(c1)C2. The highest BCUT2D eigenvalue weighted by Crippen LogP contribution is 2.25. The second-order valence-electron chi connectivity index (χ2n) is 6.85. The van der Waals surface area contributed by atoms with Crippen LogP contribution >= 0.6 is 0 Å². The Balaban J connectivity index is 0.000000242. The average Bonchev–Trinajstić information content (AvgIpc) is 2.75.